The summed E-state index contributed by atoms with van der Waals surface area (Å²) in [5, 5.41) is 13.2. The summed E-state index contributed by atoms with van der Waals surface area (Å²) in [5.41, 5.74) is 0. The van der Waals surface area contributed by atoms with Crippen LogP contribution in [0.2, 0.25) is 0 Å². The summed E-state index contributed by atoms with van der Waals surface area (Å²) in [4.78, 5) is 18.0. The largest absolute Gasteiger partial charge is 0.385 e. The molecule has 0 radical (unpaired) electrons. The zero-order chi connectivity index (χ0) is 15.2. The van der Waals surface area contributed by atoms with E-state index in [1.165, 1.54) is 0 Å². The van der Waals surface area contributed by atoms with Crippen molar-refractivity contribution in [3.8, 4) is 0 Å². The van der Waals surface area contributed by atoms with Crippen molar-refractivity contribution >= 4 is 5.91 Å². The number of aliphatic hydroxyl groups excluding tert-OH is 1. The molecule has 1 fully saturated rings. The number of hydrogen-bond donors (Lipinski definition) is 2. The number of imidazole rings is 1. The van der Waals surface area contributed by atoms with Crippen molar-refractivity contribution in [2.24, 2.45) is 13.0 Å². The SMILES string of the molecule is CCNC(=O)CCN1CCC([C@@H](O)c2nccn2C)CC1. The van der Waals surface area contributed by atoms with E-state index in [4.69, 9.17) is 0 Å². The molecule has 1 aromatic rings. The zero-order valence-corrected chi connectivity index (χ0v) is 13.0. The van der Waals surface area contributed by atoms with Crippen molar-refractivity contribution in [1.82, 2.24) is 19.8 Å². The molecule has 0 saturated carbocycles. The van der Waals surface area contributed by atoms with Crippen molar-refractivity contribution in [2.75, 3.05) is 26.2 Å². The molecule has 1 aliphatic rings. The second kappa shape index (κ2) is 7.56. The second-order valence-electron chi connectivity index (χ2n) is 5.72. The monoisotopic (exact) mass is 294 g/mol. The van der Waals surface area contributed by atoms with Gasteiger partial charge in [0.2, 0.25) is 5.91 Å². The molecule has 0 bridgehead atoms. The van der Waals surface area contributed by atoms with E-state index >= 15 is 0 Å². The zero-order valence-electron chi connectivity index (χ0n) is 13.0. The second-order valence-corrected chi connectivity index (χ2v) is 5.72. The van der Waals surface area contributed by atoms with Crippen LogP contribution in [0.3, 0.4) is 0 Å². The van der Waals surface area contributed by atoms with Crippen molar-refractivity contribution in [3.05, 3.63) is 18.2 Å². The maximum atomic E-state index is 11.5. The summed E-state index contributed by atoms with van der Waals surface area (Å²) in [6.07, 6.45) is 5.54. The molecule has 0 spiro atoms. The number of aliphatic hydroxyl groups is 1. The van der Waals surface area contributed by atoms with Crippen LogP contribution >= 0.6 is 0 Å². The molecule has 1 atom stereocenters. The van der Waals surface area contributed by atoms with Crippen LogP contribution in [0, 0.1) is 5.92 Å². The van der Waals surface area contributed by atoms with Crippen LogP contribution in [0.4, 0.5) is 0 Å². The molecule has 6 heteroatoms. The van der Waals surface area contributed by atoms with Crippen molar-refractivity contribution in [1.29, 1.82) is 0 Å². The van der Waals surface area contributed by atoms with E-state index in [1.54, 1.807) is 6.20 Å². The normalized spacial score (nSPS) is 18.6. The fourth-order valence-corrected chi connectivity index (χ4v) is 2.91. The number of piperidine rings is 1. The molecule has 2 rings (SSSR count). The summed E-state index contributed by atoms with van der Waals surface area (Å²) < 4.78 is 1.88. The number of aromatic nitrogens is 2. The van der Waals surface area contributed by atoms with Gasteiger partial charge in [-0.15, -0.1) is 0 Å². The minimum atomic E-state index is -0.490. The van der Waals surface area contributed by atoms with Gasteiger partial charge in [-0.25, -0.2) is 4.98 Å². The molecular formula is C15H26N4O2. The molecule has 1 aromatic heterocycles. The highest BCUT2D eigenvalue weighted by atomic mass is 16.3. The average Bonchev–Trinajstić information content (AvgIpc) is 2.91. The molecule has 6 nitrogen and oxygen atoms in total. The van der Waals surface area contributed by atoms with Gasteiger partial charge in [-0.05, 0) is 38.8 Å². The number of nitrogens with zero attached hydrogens (tertiary/aromatic N) is 3. The van der Waals surface area contributed by atoms with Crippen molar-refractivity contribution < 1.29 is 9.90 Å². The van der Waals surface area contributed by atoms with Crippen LogP contribution in [0.15, 0.2) is 12.4 Å². The Labute approximate surface area is 126 Å². The Kier molecular flexibility index (Phi) is 5.76. The van der Waals surface area contributed by atoms with E-state index < -0.39 is 6.10 Å². The van der Waals surface area contributed by atoms with E-state index in [0.29, 0.717) is 13.0 Å². The molecule has 0 aliphatic carbocycles. The number of carbonyl (C=O) groups excluding carboxylic acids is 1. The number of rotatable bonds is 6. The lowest BCUT2D eigenvalue weighted by molar-refractivity contribution is -0.121. The summed E-state index contributed by atoms with van der Waals surface area (Å²) in [5.74, 6) is 1.12. The number of likely N-dealkylation sites (tertiary alicyclic amines) is 1. The number of carbonyl (C=O) groups is 1. The summed E-state index contributed by atoms with van der Waals surface area (Å²) >= 11 is 0. The number of nitrogens with one attached hydrogen (secondary N) is 1. The van der Waals surface area contributed by atoms with E-state index in [-0.39, 0.29) is 11.8 Å². The van der Waals surface area contributed by atoms with E-state index in [0.717, 1.165) is 38.3 Å². The molecule has 0 unspecified atom stereocenters. The number of amides is 1. The minimum Gasteiger partial charge on any atom is -0.385 e. The van der Waals surface area contributed by atoms with E-state index in [9.17, 15) is 9.90 Å². The Morgan fingerprint density at radius 3 is 2.81 bits per heavy atom. The Morgan fingerprint density at radius 2 is 2.24 bits per heavy atom. The first-order valence-corrected chi connectivity index (χ1v) is 7.76. The van der Waals surface area contributed by atoms with Gasteiger partial charge in [0.05, 0.1) is 0 Å². The summed E-state index contributed by atoms with van der Waals surface area (Å²) in [6, 6.07) is 0. The van der Waals surface area contributed by atoms with Crippen LogP contribution in [0.1, 0.15) is 38.1 Å². The fourth-order valence-electron chi connectivity index (χ4n) is 2.91. The Hall–Kier alpha value is -1.40. The molecule has 1 saturated heterocycles. The lowest BCUT2D eigenvalue weighted by atomic mass is 9.90. The highest BCUT2D eigenvalue weighted by Gasteiger charge is 2.28. The predicted molar refractivity (Wildman–Crippen MR) is 80.6 cm³/mol. The van der Waals surface area contributed by atoms with Crippen LogP contribution < -0.4 is 5.32 Å². The van der Waals surface area contributed by atoms with Gasteiger partial charge in [-0.3, -0.25) is 4.79 Å². The molecule has 1 amide bonds. The van der Waals surface area contributed by atoms with Gasteiger partial charge in [-0.2, -0.15) is 0 Å². The molecule has 0 aromatic carbocycles. The quantitative estimate of drug-likeness (QED) is 0.810. The fraction of sp³-hybridized carbons (Fsp3) is 0.733. The highest BCUT2D eigenvalue weighted by molar-refractivity contribution is 5.75. The molecule has 2 heterocycles. The van der Waals surface area contributed by atoms with Crippen LogP contribution in [-0.4, -0.2) is 51.6 Å². The third-order valence-corrected chi connectivity index (χ3v) is 4.23. The van der Waals surface area contributed by atoms with Gasteiger partial charge in [0.25, 0.3) is 0 Å². The third kappa shape index (κ3) is 4.28. The lowest BCUT2D eigenvalue weighted by Crippen LogP contribution is -2.38. The predicted octanol–water partition coefficient (Wildman–Crippen LogP) is 0.692. The number of aryl methyl sites for hydroxylation is 1. The van der Waals surface area contributed by atoms with Gasteiger partial charge < -0.3 is 19.9 Å². The van der Waals surface area contributed by atoms with Gasteiger partial charge in [0.15, 0.2) is 0 Å². The Morgan fingerprint density at radius 1 is 1.52 bits per heavy atom. The minimum absolute atomic E-state index is 0.118. The molecule has 1 aliphatic heterocycles. The van der Waals surface area contributed by atoms with E-state index in [2.05, 4.69) is 15.2 Å². The number of hydrogen-bond acceptors (Lipinski definition) is 4. The van der Waals surface area contributed by atoms with Gasteiger partial charge >= 0.3 is 0 Å². The van der Waals surface area contributed by atoms with Gasteiger partial charge in [-0.1, -0.05) is 0 Å². The molecule has 118 valence electrons. The van der Waals surface area contributed by atoms with E-state index in [1.807, 2.05) is 24.7 Å². The standard InChI is InChI=1S/C15H26N4O2/c1-3-16-13(20)6-10-19-8-4-12(5-9-19)14(21)15-17-7-11-18(15)2/h7,11-12,14,21H,3-6,8-10H2,1-2H3,(H,16,20)/t14-/m1/s1. The summed E-state index contributed by atoms with van der Waals surface area (Å²) in [7, 11) is 1.91. The first-order valence-electron chi connectivity index (χ1n) is 7.76. The lowest BCUT2D eigenvalue weighted by Gasteiger charge is -2.33. The van der Waals surface area contributed by atoms with Crippen LogP contribution in [-0.2, 0) is 11.8 Å². The van der Waals surface area contributed by atoms with Crippen LogP contribution in [0.5, 0.6) is 0 Å². The highest BCUT2D eigenvalue weighted by Crippen LogP contribution is 2.29. The smallest absolute Gasteiger partial charge is 0.221 e. The maximum Gasteiger partial charge on any atom is 0.221 e. The molecule has 2 N–H and O–H groups in total. The Bertz CT molecular complexity index is 452. The van der Waals surface area contributed by atoms with Crippen LogP contribution in [0.25, 0.3) is 0 Å². The van der Waals surface area contributed by atoms with Crippen molar-refractivity contribution in [3.63, 3.8) is 0 Å². The van der Waals surface area contributed by atoms with Crippen molar-refractivity contribution in [2.45, 2.75) is 32.3 Å². The maximum absolute atomic E-state index is 11.5. The van der Waals surface area contributed by atoms with Gasteiger partial charge in [0.1, 0.15) is 11.9 Å². The summed E-state index contributed by atoms with van der Waals surface area (Å²) in [6.45, 7) is 5.30. The average molecular weight is 294 g/mol. The Balaban J connectivity index is 1.75. The molecule has 21 heavy (non-hydrogen) atoms. The third-order valence-electron chi connectivity index (χ3n) is 4.23. The first kappa shape index (κ1) is 16.0. The topological polar surface area (TPSA) is 70.4 Å². The first-order chi connectivity index (χ1) is 10.1. The molecular weight excluding hydrogens is 268 g/mol. The van der Waals surface area contributed by atoms with Gasteiger partial charge in [0, 0.05) is 39.0 Å².